The molecule has 2 rings (SSSR count). The summed E-state index contributed by atoms with van der Waals surface area (Å²) >= 11 is 0. The van der Waals surface area contributed by atoms with Crippen molar-refractivity contribution in [3.8, 4) is 0 Å². The van der Waals surface area contributed by atoms with E-state index in [0.29, 0.717) is 10.7 Å². The summed E-state index contributed by atoms with van der Waals surface area (Å²) in [5.41, 5.74) is 0.751. The van der Waals surface area contributed by atoms with Crippen LogP contribution in [0.2, 0.25) is 0 Å². The van der Waals surface area contributed by atoms with Gasteiger partial charge < -0.3 is 9.63 Å². The lowest BCUT2D eigenvalue weighted by molar-refractivity contribution is 0.0685. The quantitative estimate of drug-likeness (QED) is 0.914. The third-order valence-electron chi connectivity index (χ3n) is 2.39. The maximum atomic E-state index is 12.1. The molecule has 1 aromatic carbocycles. The van der Waals surface area contributed by atoms with Gasteiger partial charge in [0, 0.05) is 11.0 Å². The molecule has 94 valence electrons. The second kappa shape index (κ2) is 5.14. The highest BCUT2D eigenvalue weighted by molar-refractivity contribution is 7.84. The van der Waals surface area contributed by atoms with Gasteiger partial charge in [0.05, 0.1) is 16.6 Å². The standard InChI is InChI=1S/C12H11NO4S/c1-8-4-2-3-5-11(8)18(16)7-9-6-10(12(14)15)13-17-9/h2-6H,7H2,1H3,(H,14,15). The summed E-state index contributed by atoms with van der Waals surface area (Å²) in [6, 6.07) is 8.62. The number of hydrogen-bond donors (Lipinski definition) is 1. The van der Waals surface area contributed by atoms with Crippen LogP contribution in [0, 0.1) is 6.92 Å². The molecule has 1 N–H and O–H groups in total. The third kappa shape index (κ3) is 2.65. The van der Waals surface area contributed by atoms with E-state index in [0.717, 1.165) is 5.56 Å². The first kappa shape index (κ1) is 12.5. The molecular weight excluding hydrogens is 254 g/mol. The van der Waals surface area contributed by atoms with Crippen LogP contribution in [0.4, 0.5) is 0 Å². The van der Waals surface area contributed by atoms with E-state index in [2.05, 4.69) is 5.16 Å². The summed E-state index contributed by atoms with van der Waals surface area (Å²) in [6.45, 7) is 1.87. The SMILES string of the molecule is Cc1ccccc1S(=O)Cc1cc(C(=O)O)no1. The molecule has 0 saturated carbocycles. The van der Waals surface area contributed by atoms with Crippen LogP contribution in [0.1, 0.15) is 21.8 Å². The van der Waals surface area contributed by atoms with Crippen LogP contribution in [0.25, 0.3) is 0 Å². The Balaban J connectivity index is 2.16. The molecular formula is C12H11NO4S. The Morgan fingerprint density at radius 2 is 2.17 bits per heavy atom. The van der Waals surface area contributed by atoms with Crippen molar-refractivity contribution in [3.05, 3.63) is 47.3 Å². The van der Waals surface area contributed by atoms with Gasteiger partial charge >= 0.3 is 5.97 Å². The molecule has 1 unspecified atom stereocenters. The molecule has 0 bridgehead atoms. The third-order valence-corrected chi connectivity index (χ3v) is 3.89. The zero-order valence-electron chi connectivity index (χ0n) is 9.62. The van der Waals surface area contributed by atoms with Crippen molar-refractivity contribution in [2.45, 2.75) is 17.6 Å². The van der Waals surface area contributed by atoms with E-state index in [1.54, 1.807) is 6.07 Å². The molecule has 18 heavy (non-hydrogen) atoms. The molecule has 0 aliphatic carbocycles. The minimum Gasteiger partial charge on any atom is -0.476 e. The summed E-state index contributed by atoms with van der Waals surface area (Å²) in [5, 5.41) is 12.1. The van der Waals surface area contributed by atoms with Crippen LogP contribution in [-0.4, -0.2) is 20.4 Å². The summed E-state index contributed by atoms with van der Waals surface area (Å²) in [6.07, 6.45) is 0. The molecule has 0 saturated heterocycles. The van der Waals surface area contributed by atoms with Gasteiger partial charge in [0.2, 0.25) is 0 Å². The van der Waals surface area contributed by atoms with Crippen LogP contribution >= 0.6 is 0 Å². The van der Waals surface area contributed by atoms with Crippen molar-refractivity contribution >= 4 is 16.8 Å². The van der Waals surface area contributed by atoms with Crippen LogP contribution < -0.4 is 0 Å². The van der Waals surface area contributed by atoms with E-state index in [9.17, 15) is 9.00 Å². The Morgan fingerprint density at radius 1 is 1.44 bits per heavy atom. The number of aromatic carboxylic acids is 1. The van der Waals surface area contributed by atoms with Gasteiger partial charge in [0.1, 0.15) is 5.76 Å². The van der Waals surface area contributed by atoms with Crippen molar-refractivity contribution in [1.29, 1.82) is 0 Å². The number of nitrogens with zero attached hydrogens (tertiary/aromatic N) is 1. The molecule has 0 aliphatic rings. The first-order valence-corrected chi connectivity index (χ1v) is 6.52. The highest BCUT2D eigenvalue weighted by Gasteiger charge is 2.14. The summed E-state index contributed by atoms with van der Waals surface area (Å²) in [5.74, 6) is -0.744. The number of rotatable bonds is 4. The van der Waals surface area contributed by atoms with Gasteiger partial charge in [0.15, 0.2) is 5.69 Å². The molecule has 1 heterocycles. The van der Waals surface area contributed by atoms with Crippen LogP contribution in [0.5, 0.6) is 0 Å². The fourth-order valence-electron chi connectivity index (χ4n) is 1.50. The first-order valence-electron chi connectivity index (χ1n) is 5.21. The molecule has 1 atom stereocenters. The van der Waals surface area contributed by atoms with Gasteiger partial charge in [-0.15, -0.1) is 0 Å². The molecule has 2 aromatic rings. The number of hydrogen-bond acceptors (Lipinski definition) is 4. The van der Waals surface area contributed by atoms with E-state index in [1.807, 2.05) is 25.1 Å². The van der Waals surface area contributed by atoms with E-state index in [1.165, 1.54) is 6.07 Å². The highest BCUT2D eigenvalue weighted by atomic mass is 32.2. The second-order valence-corrected chi connectivity index (χ2v) is 5.16. The highest BCUT2D eigenvalue weighted by Crippen LogP contribution is 2.16. The smallest absolute Gasteiger partial charge is 0.358 e. The van der Waals surface area contributed by atoms with Gasteiger partial charge in [-0.05, 0) is 18.6 Å². The number of aryl methyl sites for hydroxylation is 1. The zero-order chi connectivity index (χ0) is 13.1. The lowest BCUT2D eigenvalue weighted by atomic mass is 10.2. The molecule has 1 aromatic heterocycles. The molecule has 0 fully saturated rings. The van der Waals surface area contributed by atoms with Gasteiger partial charge in [-0.1, -0.05) is 23.4 Å². The van der Waals surface area contributed by atoms with Crippen molar-refractivity contribution < 1.29 is 18.6 Å². The second-order valence-electron chi connectivity index (χ2n) is 3.74. The fourth-order valence-corrected chi connectivity index (χ4v) is 2.71. The van der Waals surface area contributed by atoms with Gasteiger partial charge in [-0.3, -0.25) is 4.21 Å². The van der Waals surface area contributed by atoms with Gasteiger partial charge in [0.25, 0.3) is 0 Å². The van der Waals surface area contributed by atoms with Gasteiger partial charge in [-0.25, -0.2) is 4.79 Å². The van der Waals surface area contributed by atoms with E-state index < -0.39 is 16.8 Å². The summed E-state index contributed by atoms with van der Waals surface area (Å²) < 4.78 is 16.9. The number of aromatic nitrogens is 1. The molecule has 6 heteroatoms. The maximum absolute atomic E-state index is 12.1. The largest absolute Gasteiger partial charge is 0.476 e. The summed E-state index contributed by atoms with van der Waals surface area (Å²) in [4.78, 5) is 11.3. The Kier molecular flexibility index (Phi) is 3.57. The Labute approximate surface area is 106 Å². The van der Waals surface area contributed by atoms with Crippen molar-refractivity contribution in [2.24, 2.45) is 0 Å². The normalized spacial score (nSPS) is 12.3. The van der Waals surface area contributed by atoms with Crippen molar-refractivity contribution in [1.82, 2.24) is 5.16 Å². The van der Waals surface area contributed by atoms with E-state index >= 15 is 0 Å². The number of carboxylic acid groups (broad SMARTS) is 1. The number of carboxylic acids is 1. The molecule has 0 aliphatic heterocycles. The fraction of sp³-hybridized carbons (Fsp3) is 0.167. The van der Waals surface area contributed by atoms with Crippen molar-refractivity contribution in [2.75, 3.05) is 0 Å². The predicted molar refractivity (Wildman–Crippen MR) is 64.8 cm³/mol. The monoisotopic (exact) mass is 265 g/mol. The van der Waals surface area contributed by atoms with Crippen LogP contribution in [-0.2, 0) is 16.6 Å². The van der Waals surface area contributed by atoms with E-state index in [-0.39, 0.29) is 11.4 Å². The maximum Gasteiger partial charge on any atom is 0.358 e. The van der Waals surface area contributed by atoms with E-state index in [4.69, 9.17) is 9.63 Å². The summed E-state index contributed by atoms with van der Waals surface area (Å²) in [7, 11) is -1.27. The average molecular weight is 265 g/mol. The number of carbonyl (C=O) groups is 1. The first-order chi connectivity index (χ1) is 8.58. The van der Waals surface area contributed by atoms with Crippen LogP contribution in [0.15, 0.2) is 39.8 Å². The molecule has 0 amide bonds. The predicted octanol–water partition coefficient (Wildman–Crippen LogP) is 1.99. The lowest BCUT2D eigenvalue weighted by Gasteiger charge is -2.03. The van der Waals surface area contributed by atoms with Crippen molar-refractivity contribution in [3.63, 3.8) is 0 Å². The van der Waals surface area contributed by atoms with Gasteiger partial charge in [-0.2, -0.15) is 0 Å². The Hall–Kier alpha value is -1.95. The lowest BCUT2D eigenvalue weighted by Crippen LogP contribution is -1.98. The number of benzene rings is 1. The minimum absolute atomic E-state index is 0.116. The zero-order valence-corrected chi connectivity index (χ0v) is 10.4. The topological polar surface area (TPSA) is 80.4 Å². The molecule has 0 spiro atoms. The molecule has 5 nitrogen and oxygen atoms in total. The van der Waals surface area contributed by atoms with Crippen LogP contribution in [0.3, 0.4) is 0 Å². The minimum atomic E-state index is -1.27. The Bertz CT molecular complexity index is 606. The molecule has 0 radical (unpaired) electrons. The Morgan fingerprint density at radius 3 is 2.78 bits per heavy atom. The average Bonchev–Trinajstić information content (AvgIpc) is 2.78.